The highest BCUT2D eigenvalue weighted by Gasteiger charge is 2.25. The number of amides is 1. The maximum atomic E-state index is 13.1. The van der Waals surface area contributed by atoms with Crippen LogP contribution in [0, 0.1) is 0 Å². The molecule has 3 aromatic rings. The molecule has 0 saturated carbocycles. The van der Waals surface area contributed by atoms with Crippen LogP contribution in [0.5, 0.6) is 0 Å². The minimum Gasteiger partial charge on any atom is -0.391 e. The van der Waals surface area contributed by atoms with Gasteiger partial charge in [-0.2, -0.15) is 0 Å². The highest BCUT2D eigenvalue weighted by Crippen LogP contribution is 2.26. The molecule has 0 radical (unpaired) electrons. The Bertz CT molecular complexity index is 911. The molecule has 0 spiro atoms. The smallest absolute Gasteiger partial charge is 0.254 e. The number of hydrogen-bond donors (Lipinski definition) is 1. The number of hydrogen-bond acceptors (Lipinski definition) is 4. The summed E-state index contributed by atoms with van der Waals surface area (Å²) in [5.74, 6) is -0.0532. The first-order chi connectivity index (χ1) is 12.2. The number of piperidine rings is 1. The monoisotopic (exact) mass is 333 g/mol. The van der Waals surface area contributed by atoms with E-state index in [2.05, 4.69) is 9.97 Å². The number of benzene rings is 1. The second kappa shape index (κ2) is 6.61. The maximum Gasteiger partial charge on any atom is 0.254 e. The number of pyridine rings is 2. The lowest BCUT2D eigenvalue weighted by atomic mass is 10.0. The van der Waals surface area contributed by atoms with Crippen LogP contribution in [0.1, 0.15) is 23.2 Å². The summed E-state index contributed by atoms with van der Waals surface area (Å²) in [6.07, 6.45) is 4.60. The second-order valence-electron chi connectivity index (χ2n) is 6.36. The van der Waals surface area contributed by atoms with Crippen LogP contribution in [0.4, 0.5) is 0 Å². The Kier molecular flexibility index (Phi) is 4.15. The largest absolute Gasteiger partial charge is 0.391 e. The molecule has 2 aromatic heterocycles. The molecule has 3 heterocycles. The zero-order valence-corrected chi connectivity index (χ0v) is 13.8. The Balaban J connectivity index is 1.82. The lowest BCUT2D eigenvalue weighted by molar-refractivity contribution is 0.0475. The molecule has 0 bridgehead atoms. The Morgan fingerprint density at radius 3 is 2.88 bits per heavy atom. The molecule has 1 fully saturated rings. The average Bonchev–Trinajstić information content (AvgIpc) is 2.67. The predicted molar refractivity (Wildman–Crippen MR) is 96.1 cm³/mol. The van der Waals surface area contributed by atoms with Crippen molar-refractivity contribution in [2.45, 2.75) is 18.9 Å². The fourth-order valence-electron chi connectivity index (χ4n) is 3.32. The van der Waals surface area contributed by atoms with E-state index in [0.717, 1.165) is 35.0 Å². The number of aromatic nitrogens is 2. The Morgan fingerprint density at radius 1 is 1.20 bits per heavy atom. The summed E-state index contributed by atoms with van der Waals surface area (Å²) in [6, 6.07) is 13.3. The van der Waals surface area contributed by atoms with E-state index in [4.69, 9.17) is 0 Å². The first-order valence-electron chi connectivity index (χ1n) is 8.50. The van der Waals surface area contributed by atoms with Crippen LogP contribution in [0.3, 0.4) is 0 Å². The van der Waals surface area contributed by atoms with Crippen LogP contribution in [0.15, 0.2) is 54.9 Å². The molecule has 4 rings (SSSR count). The van der Waals surface area contributed by atoms with Crippen molar-refractivity contribution in [3.05, 3.63) is 60.4 Å². The molecule has 0 aliphatic carbocycles. The Hall–Kier alpha value is -2.79. The summed E-state index contributed by atoms with van der Waals surface area (Å²) in [4.78, 5) is 23.7. The van der Waals surface area contributed by atoms with Crippen molar-refractivity contribution in [2.24, 2.45) is 0 Å². The first kappa shape index (κ1) is 15.7. The van der Waals surface area contributed by atoms with Gasteiger partial charge in [0.15, 0.2) is 0 Å². The van der Waals surface area contributed by atoms with Gasteiger partial charge < -0.3 is 10.0 Å². The molecule has 1 saturated heterocycles. The highest BCUT2D eigenvalue weighted by molar-refractivity contribution is 6.07. The summed E-state index contributed by atoms with van der Waals surface area (Å²) < 4.78 is 0. The van der Waals surface area contributed by atoms with Crippen molar-refractivity contribution in [3.8, 4) is 11.3 Å². The van der Waals surface area contributed by atoms with Gasteiger partial charge in [0.05, 0.1) is 22.9 Å². The molecular weight excluding hydrogens is 314 g/mol. The lowest BCUT2D eigenvalue weighted by Crippen LogP contribution is -2.42. The van der Waals surface area contributed by atoms with Gasteiger partial charge in [-0.25, -0.2) is 4.98 Å². The third-order valence-electron chi connectivity index (χ3n) is 4.59. The summed E-state index contributed by atoms with van der Waals surface area (Å²) in [5.41, 5.74) is 3.01. The number of para-hydroxylation sites is 1. The number of rotatable bonds is 2. The molecule has 1 N–H and O–H groups in total. The van der Waals surface area contributed by atoms with E-state index in [0.29, 0.717) is 18.7 Å². The Morgan fingerprint density at radius 2 is 2.08 bits per heavy atom. The molecular formula is C20H19N3O2. The molecule has 1 aliphatic heterocycles. The van der Waals surface area contributed by atoms with E-state index < -0.39 is 6.10 Å². The second-order valence-corrected chi connectivity index (χ2v) is 6.36. The molecule has 25 heavy (non-hydrogen) atoms. The molecule has 126 valence electrons. The minimum atomic E-state index is -0.441. The summed E-state index contributed by atoms with van der Waals surface area (Å²) >= 11 is 0. The van der Waals surface area contributed by atoms with Crippen molar-refractivity contribution in [2.75, 3.05) is 13.1 Å². The van der Waals surface area contributed by atoms with Crippen molar-refractivity contribution >= 4 is 16.8 Å². The molecule has 1 aliphatic rings. The molecule has 1 amide bonds. The number of aliphatic hydroxyl groups is 1. The number of nitrogens with zero attached hydrogens (tertiary/aromatic N) is 3. The molecule has 1 unspecified atom stereocenters. The topological polar surface area (TPSA) is 66.3 Å². The van der Waals surface area contributed by atoms with E-state index in [9.17, 15) is 9.90 Å². The SMILES string of the molecule is O=C(c1cc(-c2cccnc2)nc2ccccc12)N1CCCC(O)C1. The third kappa shape index (κ3) is 3.10. The molecule has 5 heteroatoms. The molecule has 1 aromatic carbocycles. The normalized spacial score (nSPS) is 17.6. The van der Waals surface area contributed by atoms with Gasteiger partial charge >= 0.3 is 0 Å². The van der Waals surface area contributed by atoms with Crippen LogP contribution >= 0.6 is 0 Å². The number of carbonyl (C=O) groups excluding carboxylic acids is 1. The third-order valence-corrected chi connectivity index (χ3v) is 4.59. The van der Waals surface area contributed by atoms with Crippen LogP contribution in [0.2, 0.25) is 0 Å². The molecule has 5 nitrogen and oxygen atoms in total. The van der Waals surface area contributed by atoms with Crippen LogP contribution in [-0.4, -0.2) is 45.1 Å². The van der Waals surface area contributed by atoms with Crippen molar-refractivity contribution < 1.29 is 9.90 Å². The van der Waals surface area contributed by atoms with E-state index >= 15 is 0 Å². The van der Waals surface area contributed by atoms with Crippen LogP contribution in [0.25, 0.3) is 22.2 Å². The van der Waals surface area contributed by atoms with Crippen LogP contribution < -0.4 is 0 Å². The van der Waals surface area contributed by atoms with Gasteiger partial charge in [-0.1, -0.05) is 18.2 Å². The fourth-order valence-corrected chi connectivity index (χ4v) is 3.32. The van der Waals surface area contributed by atoms with Gasteiger partial charge in [0.2, 0.25) is 0 Å². The Labute approximate surface area is 146 Å². The summed E-state index contributed by atoms with van der Waals surface area (Å²) in [5, 5.41) is 10.7. The van der Waals surface area contributed by atoms with Gasteiger partial charge in [0, 0.05) is 36.4 Å². The van der Waals surface area contributed by atoms with Crippen molar-refractivity contribution in [1.29, 1.82) is 0 Å². The summed E-state index contributed by atoms with van der Waals surface area (Å²) in [6.45, 7) is 1.06. The number of aliphatic hydroxyl groups excluding tert-OH is 1. The number of fused-ring (bicyclic) bond motifs is 1. The first-order valence-corrected chi connectivity index (χ1v) is 8.50. The number of likely N-dealkylation sites (tertiary alicyclic amines) is 1. The quantitative estimate of drug-likeness (QED) is 0.783. The standard InChI is InChI=1S/C20H19N3O2/c24-15-6-4-10-23(13-15)20(25)17-11-19(14-5-3-9-21-12-14)22-18-8-2-1-7-16(17)18/h1-3,5,7-9,11-12,15,24H,4,6,10,13H2. The van der Waals surface area contributed by atoms with Crippen molar-refractivity contribution in [1.82, 2.24) is 14.9 Å². The molecule has 1 atom stereocenters. The zero-order chi connectivity index (χ0) is 17.2. The van der Waals surface area contributed by atoms with E-state index in [1.807, 2.05) is 42.5 Å². The number of β-amino-alcohol motifs (C(OH)–C–C–N with tert-alkyl or cyclic N) is 1. The fraction of sp³-hybridized carbons (Fsp3) is 0.250. The van der Waals surface area contributed by atoms with Gasteiger partial charge in [-0.05, 0) is 37.1 Å². The van der Waals surface area contributed by atoms with E-state index in [-0.39, 0.29) is 5.91 Å². The lowest BCUT2D eigenvalue weighted by Gasteiger charge is -2.30. The van der Waals surface area contributed by atoms with E-state index in [1.54, 1.807) is 17.3 Å². The van der Waals surface area contributed by atoms with Gasteiger partial charge in [0.1, 0.15) is 0 Å². The van der Waals surface area contributed by atoms with Crippen molar-refractivity contribution in [3.63, 3.8) is 0 Å². The maximum absolute atomic E-state index is 13.1. The van der Waals surface area contributed by atoms with Crippen LogP contribution in [-0.2, 0) is 0 Å². The van der Waals surface area contributed by atoms with Gasteiger partial charge in [0.25, 0.3) is 5.91 Å². The average molecular weight is 333 g/mol. The highest BCUT2D eigenvalue weighted by atomic mass is 16.3. The minimum absolute atomic E-state index is 0.0532. The predicted octanol–water partition coefficient (Wildman–Crippen LogP) is 2.89. The zero-order valence-electron chi connectivity index (χ0n) is 13.8. The van der Waals surface area contributed by atoms with Gasteiger partial charge in [-0.15, -0.1) is 0 Å². The number of carbonyl (C=O) groups is 1. The summed E-state index contributed by atoms with van der Waals surface area (Å²) in [7, 11) is 0. The van der Waals surface area contributed by atoms with Gasteiger partial charge in [-0.3, -0.25) is 9.78 Å². The van der Waals surface area contributed by atoms with E-state index in [1.165, 1.54) is 0 Å².